The minimum atomic E-state index is -0.171. The maximum absolute atomic E-state index is 11.1. The van der Waals surface area contributed by atoms with Crippen molar-refractivity contribution in [1.29, 1.82) is 5.26 Å². The number of hydrogen-bond donors (Lipinski definition) is 0. The fraction of sp³-hybridized carbons (Fsp3) is 0.333. The minimum absolute atomic E-state index is 0.0794. The van der Waals surface area contributed by atoms with Gasteiger partial charge in [-0.05, 0) is 6.92 Å². The summed E-state index contributed by atoms with van der Waals surface area (Å²) in [6.07, 6.45) is 6.47. The van der Waals surface area contributed by atoms with Crippen LogP contribution in [0, 0.1) is 11.3 Å². The first-order chi connectivity index (χ1) is 6.76. The summed E-state index contributed by atoms with van der Waals surface area (Å²) >= 11 is 0. The van der Waals surface area contributed by atoms with Gasteiger partial charge in [0, 0.05) is 5.57 Å². The second kappa shape index (κ2) is 11.4. The number of carbonyl (C=O) groups is 1. The number of ketones is 1. The van der Waals surface area contributed by atoms with Crippen molar-refractivity contribution in [2.24, 2.45) is 0 Å². The molecule has 0 heterocycles. The second-order valence-corrected chi connectivity index (χ2v) is 2.12. The van der Waals surface area contributed by atoms with Gasteiger partial charge in [-0.15, -0.1) is 0 Å². The molecule has 0 N–H and O–H groups in total. The molecule has 0 radical (unpaired) electrons. The van der Waals surface area contributed by atoms with E-state index in [1.165, 1.54) is 6.08 Å². The predicted octanol–water partition coefficient (Wildman–Crippen LogP) is 3.18. The zero-order chi connectivity index (χ0) is 11.4. The molecule has 0 spiro atoms. The van der Waals surface area contributed by atoms with Crippen LogP contribution >= 0.6 is 0 Å². The molecular weight excluding hydrogens is 174 g/mol. The van der Waals surface area contributed by atoms with Crippen molar-refractivity contribution in [1.82, 2.24) is 0 Å². The Morgan fingerprint density at radius 3 is 2.43 bits per heavy atom. The van der Waals surface area contributed by atoms with Gasteiger partial charge >= 0.3 is 0 Å². The molecular formula is C12H17NO. The Bertz CT molecular complexity index is 267. The molecule has 0 aliphatic rings. The molecule has 0 atom stereocenters. The third kappa shape index (κ3) is 7.05. The fourth-order valence-corrected chi connectivity index (χ4v) is 0.722. The SMILES string of the molecule is C=C/C=C(\C=C/C)C(=O)CC#N.CC. The highest BCUT2D eigenvalue weighted by molar-refractivity contribution is 5.99. The van der Waals surface area contributed by atoms with E-state index >= 15 is 0 Å². The highest BCUT2D eigenvalue weighted by atomic mass is 16.1. The molecule has 0 aliphatic carbocycles. The Kier molecular flexibility index (Phi) is 12.1. The van der Waals surface area contributed by atoms with Gasteiger partial charge in [-0.2, -0.15) is 5.26 Å². The first-order valence-electron chi connectivity index (χ1n) is 4.61. The summed E-state index contributed by atoms with van der Waals surface area (Å²) in [5, 5.41) is 8.27. The minimum Gasteiger partial charge on any atom is -0.293 e. The third-order valence-electron chi connectivity index (χ3n) is 1.21. The van der Waals surface area contributed by atoms with Gasteiger partial charge in [0.2, 0.25) is 0 Å². The quantitative estimate of drug-likeness (QED) is 0.505. The predicted molar refractivity (Wildman–Crippen MR) is 59.7 cm³/mol. The van der Waals surface area contributed by atoms with Gasteiger partial charge in [0.15, 0.2) is 5.78 Å². The van der Waals surface area contributed by atoms with Crippen LogP contribution < -0.4 is 0 Å². The van der Waals surface area contributed by atoms with Crippen LogP contribution in [-0.2, 0) is 4.79 Å². The van der Waals surface area contributed by atoms with Crippen LogP contribution in [0.4, 0.5) is 0 Å². The van der Waals surface area contributed by atoms with Crippen LogP contribution in [0.5, 0.6) is 0 Å². The molecule has 76 valence electrons. The number of Topliss-reactive ketones (excluding diaryl/α,β-unsaturated/α-hetero) is 1. The molecule has 2 heteroatoms. The molecule has 0 aromatic rings. The van der Waals surface area contributed by atoms with E-state index in [9.17, 15) is 4.79 Å². The zero-order valence-electron chi connectivity index (χ0n) is 9.08. The van der Waals surface area contributed by atoms with Crippen LogP contribution in [0.2, 0.25) is 0 Å². The summed E-state index contributed by atoms with van der Waals surface area (Å²) in [6, 6.07) is 1.81. The molecule has 0 amide bonds. The fourth-order valence-electron chi connectivity index (χ4n) is 0.722. The Morgan fingerprint density at radius 2 is 2.07 bits per heavy atom. The van der Waals surface area contributed by atoms with E-state index < -0.39 is 0 Å². The van der Waals surface area contributed by atoms with E-state index in [1.54, 1.807) is 24.3 Å². The lowest BCUT2D eigenvalue weighted by molar-refractivity contribution is -0.114. The van der Waals surface area contributed by atoms with Crippen LogP contribution in [0.25, 0.3) is 0 Å². The smallest absolute Gasteiger partial charge is 0.176 e. The van der Waals surface area contributed by atoms with Crippen LogP contribution in [-0.4, -0.2) is 5.78 Å². The monoisotopic (exact) mass is 191 g/mol. The second-order valence-electron chi connectivity index (χ2n) is 2.12. The summed E-state index contributed by atoms with van der Waals surface area (Å²) in [7, 11) is 0. The van der Waals surface area contributed by atoms with Gasteiger partial charge < -0.3 is 0 Å². The van der Waals surface area contributed by atoms with E-state index in [4.69, 9.17) is 5.26 Å². The Labute approximate surface area is 86.2 Å². The molecule has 0 aromatic carbocycles. The normalized spacial score (nSPS) is 10.0. The molecule has 0 saturated heterocycles. The van der Waals surface area contributed by atoms with Crippen molar-refractivity contribution in [3.63, 3.8) is 0 Å². The summed E-state index contributed by atoms with van der Waals surface area (Å²) in [4.78, 5) is 11.1. The van der Waals surface area contributed by atoms with Gasteiger partial charge in [0.1, 0.15) is 0 Å². The summed E-state index contributed by atoms with van der Waals surface area (Å²) in [6.45, 7) is 9.30. The lowest BCUT2D eigenvalue weighted by Gasteiger charge is -1.93. The molecule has 2 nitrogen and oxygen atoms in total. The topological polar surface area (TPSA) is 40.9 Å². The van der Waals surface area contributed by atoms with Crippen molar-refractivity contribution in [3.8, 4) is 6.07 Å². The van der Waals surface area contributed by atoms with Crippen molar-refractivity contribution in [2.45, 2.75) is 27.2 Å². The van der Waals surface area contributed by atoms with Crippen LogP contribution in [0.3, 0.4) is 0 Å². The highest BCUT2D eigenvalue weighted by Gasteiger charge is 2.03. The zero-order valence-corrected chi connectivity index (χ0v) is 9.08. The lowest BCUT2D eigenvalue weighted by Crippen LogP contribution is -1.97. The molecule has 14 heavy (non-hydrogen) atoms. The van der Waals surface area contributed by atoms with Crippen molar-refractivity contribution >= 4 is 5.78 Å². The Morgan fingerprint density at radius 1 is 1.50 bits per heavy atom. The maximum atomic E-state index is 11.1. The Balaban J connectivity index is 0. The average Bonchev–Trinajstić information content (AvgIpc) is 2.21. The molecule has 0 rings (SSSR count). The summed E-state index contributed by atoms with van der Waals surface area (Å²) in [5.74, 6) is -0.171. The first kappa shape index (κ1) is 14.9. The van der Waals surface area contributed by atoms with Crippen LogP contribution in [0.1, 0.15) is 27.2 Å². The van der Waals surface area contributed by atoms with Crippen molar-refractivity contribution in [2.75, 3.05) is 0 Å². The Hall–Kier alpha value is -1.62. The lowest BCUT2D eigenvalue weighted by atomic mass is 10.1. The summed E-state index contributed by atoms with van der Waals surface area (Å²) < 4.78 is 0. The standard InChI is InChI=1S/C10H11NO.C2H6/c1-3-5-9(6-4-2)10(12)7-8-11;1-2/h3-6H,1,7H2,2H3;1-2H3/b6-4-,9-5+;. The van der Waals surface area contributed by atoms with Gasteiger partial charge in [-0.1, -0.05) is 44.7 Å². The van der Waals surface area contributed by atoms with E-state index in [0.29, 0.717) is 5.57 Å². The number of hydrogen-bond acceptors (Lipinski definition) is 2. The average molecular weight is 191 g/mol. The van der Waals surface area contributed by atoms with Gasteiger partial charge in [0.05, 0.1) is 12.5 Å². The highest BCUT2D eigenvalue weighted by Crippen LogP contribution is 2.02. The molecule has 0 saturated carbocycles. The third-order valence-corrected chi connectivity index (χ3v) is 1.21. The largest absolute Gasteiger partial charge is 0.293 e. The number of nitriles is 1. The van der Waals surface area contributed by atoms with Crippen LogP contribution in [0.15, 0.2) is 36.5 Å². The molecule has 0 unspecified atom stereocenters. The van der Waals surface area contributed by atoms with E-state index in [0.717, 1.165) is 0 Å². The first-order valence-corrected chi connectivity index (χ1v) is 4.61. The molecule has 0 bridgehead atoms. The van der Waals surface area contributed by atoms with Gasteiger partial charge in [0.25, 0.3) is 0 Å². The van der Waals surface area contributed by atoms with E-state index in [2.05, 4.69) is 6.58 Å². The number of nitrogens with zero attached hydrogens (tertiary/aromatic N) is 1. The van der Waals surface area contributed by atoms with Crippen molar-refractivity contribution < 1.29 is 4.79 Å². The number of carbonyl (C=O) groups excluding carboxylic acids is 1. The molecule has 0 fully saturated rings. The molecule has 0 aliphatic heterocycles. The number of rotatable bonds is 4. The maximum Gasteiger partial charge on any atom is 0.176 e. The summed E-state index contributed by atoms with van der Waals surface area (Å²) in [5.41, 5.74) is 0.522. The van der Waals surface area contributed by atoms with E-state index in [-0.39, 0.29) is 12.2 Å². The van der Waals surface area contributed by atoms with Crippen molar-refractivity contribution in [3.05, 3.63) is 36.5 Å². The van der Waals surface area contributed by atoms with Gasteiger partial charge in [-0.25, -0.2) is 0 Å². The molecule has 0 aromatic heterocycles. The number of allylic oxidation sites excluding steroid dienone is 5. The van der Waals surface area contributed by atoms with Gasteiger partial charge in [-0.3, -0.25) is 4.79 Å². The van der Waals surface area contributed by atoms with E-state index in [1.807, 2.05) is 20.8 Å².